The number of furan rings is 1. The minimum absolute atomic E-state index is 0.166. The molecule has 5 nitrogen and oxygen atoms in total. The third-order valence-electron chi connectivity index (χ3n) is 2.57. The van der Waals surface area contributed by atoms with Crippen LogP contribution in [0.3, 0.4) is 0 Å². The van der Waals surface area contributed by atoms with Crippen LogP contribution in [0.5, 0.6) is 0 Å². The molecule has 2 aromatic heterocycles. The molecule has 0 radical (unpaired) electrons. The zero-order valence-corrected chi connectivity index (χ0v) is 9.25. The normalized spacial score (nSPS) is 14.9. The van der Waals surface area contributed by atoms with Crippen LogP contribution >= 0.6 is 0 Å². The molecular weight excluding hydrogens is 208 g/mol. The van der Waals surface area contributed by atoms with E-state index in [9.17, 15) is 5.11 Å². The van der Waals surface area contributed by atoms with E-state index < -0.39 is 6.10 Å². The molecule has 2 rings (SSSR count). The number of nitrogens with zero attached hydrogens (tertiary/aromatic N) is 2. The molecular formula is C11H14N2O3. The van der Waals surface area contributed by atoms with E-state index in [1.807, 2.05) is 13.8 Å². The molecule has 0 aliphatic carbocycles. The molecule has 2 heterocycles. The number of aliphatic hydroxyl groups excluding tert-OH is 1. The van der Waals surface area contributed by atoms with Crippen molar-refractivity contribution in [1.82, 2.24) is 10.1 Å². The van der Waals surface area contributed by atoms with Crippen LogP contribution in [0, 0.1) is 0 Å². The van der Waals surface area contributed by atoms with Gasteiger partial charge < -0.3 is 14.0 Å². The summed E-state index contributed by atoms with van der Waals surface area (Å²) in [6.07, 6.45) is 1.74. The van der Waals surface area contributed by atoms with Gasteiger partial charge in [0.15, 0.2) is 5.76 Å². The van der Waals surface area contributed by atoms with Crippen LogP contribution in [0.1, 0.15) is 32.1 Å². The molecule has 0 bridgehead atoms. The molecule has 86 valence electrons. The van der Waals surface area contributed by atoms with Gasteiger partial charge in [-0.1, -0.05) is 19.0 Å². The average Bonchev–Trinajstić information content (AvgIpc) is 2.96. The number of rotatable bonds is 4. The van der Waals surface area contributed by atoms with Crippen molar-refractivity contribution in [3.05, 3.63) is 24.3 Å². The Morgan fingerprint density at radius 1 is 1.50 bits per heavy atom. The minimum atomic E-state index is -0.468. The summed E-state index contributed by atoms with van der Waals surface area (Å²) in [5.74, 6) is 1.24. The zero-order chi connectivity index (χ0) is 11.5. The molecule has 0 aliphatic heterocycles. The Labute approximate surface area is 93.1 Å². The van der Waals surface area contributed by atoms with E-state index in [0.29, 0.717) is 23.9 Å². The van der Waals surface area contributed by atoms with Crippen LogP contribution < -0.4 is 0 Å². The Bertz CT molecular complexity index is 436. The maximum Gasteiger partial charge on any atom is 0.238 e. The molecule has 0 saturated heterocycles. The second kappa shape index (κ2) is 4.49. The van der Waals surface area contributed by atoms with E-state index in [1.165, 1.54) is 0 Å². The van der Waals surface area contributed by atoms with Gasteiger partial charge in [-0.2, -0.15) is 4.98 Å². The van der Waals surface area contributed by atoms with Gasteiger partial charge in [-0.25, -0.2) is 0 Å². The summed E-state index contributed by atoms with van der Waals surface area (Å²) < 4.78 is 10.2. The maximum atomic E-state index is 9.67. The second-order valence-electron chi connectivity index (χ2n) is 3.70. The highest BCUT2D eigenvalue weighted by Crippen LogP contribution is 2.23. The van der Waals surface area contributed by atoms with Crippen LogP contribution in [0.25, 0.3) is 11.6 Å². The fourth-order valence-corrected chi connectivity index (χ4v) is 1.44. The van der Waals surface area contributed by atoms with Crippen molar-refractivity contribution in [3.8, 4) is 11.6 Å². The lowest BCUT2D eigenvalue weighted by atomic mass is 10.0. The summed E-state index contributed by atoms with van der Waals surface area (Å²) in [6.45, 7) is 3.76. The quantitative estimate of drug-likeness (QED) is 0.858. The highest BCUT2D eigenvalue weighted by atomic mass is 16.5. The van der Waals surface area contributed by atoms with E-state index in [2.05, 4.69) is 10.1 Å². The van der Waals surface area contributed by atoms with Gasteiger partial charge in [0, 0.05) is 0 Å². The van der Waals surface area contributed by atoms with E-state index in [-0.39, 0.29) is 5.92 Å². The SMILES string of the molecule is CCC(O)C(C)c1nc(-c2ccco2)no1. The van der Waals surface area contributed by atoms with Crippen LogP contribution in [0.2, 0.25) is 0 Å². The molecule has 0 aromatic carbocycles. The Kier molecular flexibility index (Phi) is 3.05. The molecule has 16 heavy (non-hydrogen) atoms. The van der Waals surface area contributed by atoms with E-state index in [0.717, 1.165) is 0 Å². The van der Waals surface area contributed by atoms with Crippen molar-refractivity contribution in [2.75, 3.05) is 0 Å². The van der Waals surface area contributed by atoms with Gasteiger partial charge in [0.05, 0.1) is 18.3 Å². The summed E-state index contributed by atoms with van der Waals surface area (Å²) in [7, 11) is 0. The maximum absolute atomic E-state index is 9.67. The first-order valence-corrected chi connectivity index (χ1v) is 5.28. The van der Waals surface area contributed by atoms with Gasteiger partial charge in [-0.3, -0.25) is 0 Å². The van der Waals surface area contributed by atoms with Crippen molar-refractivity contribution in [2.45, 2.75) is 32.3 Å². The van der Waals surface area contributed by atoms with Crippen molar-refractivity contribution in [3.63, 3.8) is 0 Å². The van der Waals surface area contributed by atoms with Gasteiger partial charge in [0.1, 0.15) is 0 Å². The van der Waals surface area contributed by atoms with Crippen LogP contribution in [-0.4, -0.2) is 21.4 Å². The molecule has 5 heteroatoms. The Morgan fingerprint density at radius 3 is 2.94 bits per heavy atom. The summed E-state index contributed by atoms with van der Waals surface area (Å²) in [4.78, 5) is 4.19. The molecule has 2 atom stereocenters. The van der Waals surface area contributed by atoms with Crippen LogP contribution in [0.4, 0.5) is 0 Å². The highest BCUT2D eigenvalue weighted by molar-refractivity contribution is 5.44. The third kappa shape index (κ3) is 1.99. The van der Waals surface area contributed by atoms with Crippen molar-refractivity contribution in [1.29, 1.82) is 0 Å². The van der Waals surface area contributed by atoms with Crippen LogP contribution in [-0.2, 0) is 0 Å². The molecule has 1 N–H and O–H groups in total. The summed E-state index contributed by atoms with van der Waals surface area (Å²) in [5.41, 5.74) is 0. The Balaban J connectivity index is 2.20. The molecule has 0 saturated carbocycles. The molecule has 0 fully saturated rings. The Morgan fingerprint density at radius 2 is 2.31 bits per heavy atom. The molecule has 0 spiro atoms. The van der Waals surface area contributed by atoms with Crippen molar-refractivity contribution < 1.29 is 14.0 Å². The highest BCUT2D eigenvalue weighted by Gasteiger charge is 2.21. The van der Waals surface area contributed by atoms with Gasteiger partial charge in [0.25, 0.3) is 0 Å². The predicted molar refractivity (Wildman–Crippen MR) is 56.7 cm³/mol. The largest absolute Gasteiger partial charge is 0.461 e. The van der Waals surface area contributed by atoms with E-state index >= 15 is 0 Å². The first kappa shape index (κ1) is 10.9. The lowest BCUT2D eigenvalue weighted by molar-refractivity contribution is 0.129. The lowest BCUT2D eigenvalue weighted by Crippen LogP contribution is -2.14. The van der Waals surface area contributed by atoms with Crippen molar-refractivity contribution in [2.24, 2.45) is 0 Å². The standard InChI is InChI=1S/C11H14N2O3/c1-3-8(14)7(2)11-12-10(13-16-11)9-5-4-6-15-9/h4-8,14H,3H2,1-2H3. The number of aromatic nitrogens is 2. The number of hydrogen-bond donors (Lipinski definition) is 1. The smallest absolute Gasteiger partial charge is 0.238 e. The zero-order valence-electron chi connectivity index (χ0n) is 9.25. The molecule has 2 unspecified atom stereocenters. The first-order chi connectivity index (χ1) is 7.72. The molecule has 0 aliphatic rings. The topological polar surface area (TPSA) is 72.3 Å². The first-order valence-electron chi connectivity index (χ1n) is 5.28. The predicted octanol–water partition coefficient (Wildman–Crippen LogP) is 2.20. The van der Waals surface area contributed by atoms with Crippen LogP contribution in [0.15, 0.2) is 27.3 Å². The molecule has 0 amide bonds. The van der Waals surface area contributed by atoms with Gasteiger partial charge in [-0.05, 0) is 18.6 Å². The van der Waals surface area contributed by atoms with E-state index in [4.69, 9.17) is 8.94 Å². The number of aliphatic hydroxyl groups is 1. The minimum Gasteiger partial charge on any atom is -0.461 e. The van der Waals surface area contributed by atoms with Crippen molar-refractivity contribution >= 4 is 0 Å². The van der Waals surface area contributed by atoms with Gasteiger partial charge in [-0.15, -0.1) is 0 Å². The monoisotopic (exact) mass is 222 g/mol. The fourth-order valence-electron chi connectivity index (χ4n) is 1.44. The fraction of sp³-hybridized carbons (Fsp3) is 0.455. The number of hydrogen-bond acceptors (Lipinski definition) is 5. The average molecular weight is 222 g/mol. The third-order valence-corrected chi connectivity index (χ3v) is 2.57. The summed E-state index contributed by atoms with van der Waals surface area (Å²) in [5, 5.41) is 13.5. The summed E-state index contributed by atoms with van der Waals surface area (Å²) >= 11 is 0. The lowest BCUT2D eigenvalue weighted by Gasteiger charge is -2.11. The summed E-state index contributed by atoms with van der Waals surface area (Å²) in [6, 6.07) is 3.52. The Hall–Kier alpha value is -1.62. The molecule has 2 aromatic rings. The van der Waals surface area contributed by atoms with Gasteiger partial charge in [0.2, 0.25) is 11.7 Å². The van der Waals surface area contributed by atoms with E-state index in [1.54, 1.807) is 18.4 Å². The second-order valence-corrected chi connectivity index (χ2v) is 3.70. The van der Waals surface area contributed by atoms with Gasteiger partial charge >= 0.3 is 0 Å².